The summed E-state index contributed by atoms with van der Waals surface area (Å²) in [5, 5.41) is 7.58. The minimum Gasteiger partial charge on any atom is -0.484 e. The maximum absolute atomic E-state index is 14.0. The van der Waals surface area contributed by atoms with Gasteiger partial charge in [-0.3, -0.25) is 9.10 Å². The quantitative estimate of drug-likeness (QED) is 0.457. The van der Waals surface area contributed by atoms with E-state index in [2.05, 4.69) is 5.32 Å². The van der Waals surface area contributed by atoms with Crippen LogP contribution >= 0.6 is 0 Å². The first-order valence-corrected chi connectivity index (χ1v) is 13.2. The number of hydrogen-bond acceptors (Lipinski definition) is 6. The van der Waals surface area contributed by atoms with E-state index >= 15 is 0 Å². The Morgan fingerprint density at radius 3 is 2.15 bits per heavy atom. The van der Waals surface area contributed by atoms with Crippen molar-refractivity contribution in [2.24, 2.45) is 5.14 Å². The Morgan fingerprint density at radius 1 is 0.971 bits per heavy atom. The number of primary sulfonamides is 1. The van der Waals surface area contributed by atoms with E-state index in [1.807, 2.05) is 0 Å². The van der Waals surface area contributed by atoms with Crippen LogP contribution in [-0.4, -0.2) is 35.6 Å². The van der Waals surface area contributed by atoms with Crippen molar-refractivity contribution in [1.82, 2.24) is 0 Å². The zero-order valence-electron chi connectivity index (χ0n) is 18.0. The fraction of sp³-hybridized carbons (Fsp3) is 0.136. The van der Waals surface area contributed by atoms with Crippen molar-refractivity contribution in [1.29, 1.82) is 0 Å². The van der Waals surface area contributed by atoms with Crippen LogP contribution in [0.5, 0.6) is 5.75 Å². The molecule has 0 unspecified atom stereocenters. The summed E-state index contributed by atoms with van der Waals surface area (Å²) in [7, 11) is -7.53. The monoisotopic (exact) mass is 507 g/mol. The molecular weight excluding hydrogens is 485 g/mol. The molecule has 0 saturated carbocycles. The zero-order chi connectivity index (χ0) is 24.9. The number of nitrogens with one attached hydrogen (secondary N) is 1. The first kappa shape index (κ1) is 25.1. The first-order valence-electron chi connectivity index (χ1n) is 9.80. The average Bonchev–Trinajstić information content (AvgIpc) is 2.76. The summed E-state index contributed by atoms with van der Waals surface area (Å²) in [6, 6.07) is 17.2. The summed E-state index contributed by atoms with van der Waals surface area (Å²) in [6.45, 7) is -0.528. The van der Waals surface area contributed by atoms with Gasteiger partial charge in [0.1, 0.15) is 11.6 Å². The van der Waals surface area contributed by atoms with Crippen LogP contribution in [-0.2, 0) is 31.4 Å². The molecule has 9 nitrogen and oxygen atoms in total. The van der Waals surface area contributed by atoms with Gasteiger partial charge in [-0.05, 0) is 54.6 Å². The molecule has 0 heterocycles. The first-order chi connectivity index (χ1) is 15.9. The molecule has 0 aliphatic heterocycles. The van der Waals surface area contributed by atoms with E-state index in [4.69, 9.17) is 9.88 Å². The van der Waals surface area contributed by atoms with Crippen molar-refractivity contribution in [2.45, 2.75) is 11.4 Å². The molecule has 180 valence electrons. The van der Waals surface area contributed by atoms with Gasteiger partial charge >= 0.3 is 0 Å². The van der Waals surface area contributed by atoms with E-state index < -0.39 is 31.8 Å². The Balaban J connectivity index is 1.63. The lowest BCUT2D eigenvalue weighted by atomic mass is 10.2. The Bertz CT molecular complexity index is 1380. The lowest BCUT2D eigenvalue weighted by molar-refractivity contribution is -0.118. The normalized spacial score (nSPS) is 11.6. The molecule has 12 heteroatoms. The van der Waals surface area contributed by atoms with E-state index in [1.165, 1.54) is 66.7 Å². The minimum absolute atomic E-state index is 0.0834. The number of hydrogen-bond donors (Lipinski definition) is 2. The van der Waals surface area contributed by atoms with E-state index in [1.54, 1.807) is 6.07 Å². The number of halogens is 1. The lowest BCUT2D eigenvalue weighted by Gasteiger charge is -2.23. The van der Waals surface area contributed by atoms with Crippen LogP contribution in [0, 0.1) is 5.82 Å². The van der Waals surface area contributed by atoms with Crippen LogP contribution in [0.3, 0.4) is 0 Å². The Kier molecular flexibility index (Phi) is 7.54. The number of nitrogens with two attached hydrogens (primary N) is 1. The maximum atomic E-state index is 14.0. The van der Waals surface area contributed by atoms with E-state index in [0.717, 1.165) is 10.6 Å². The molecule has 0 atom stereocenters. The number of anilines is 2. The second kappa shape index (κ2) is 10.2. The second-order valence-corrected chi connectivity index (χ2v) is 10.7. The van der Waals surface area contributed by atoms with Gasteiger partial charge in [-0.2, -0.15) is 0 Å². The molecule has 0 aliphatic carbocycles. The van der Waals surface area contributed by atoms with Gasteiger partial charge in [0.05, 0.1) is 23.4 Å². The molecule has 0 spiro atoms. The molecule has 3 aromatic rings. The molecule has 3 rings (SSSR count). The SMILES string of the molecule is CS(=O)(=O)N(Cc1ccccc1F)c1ccc(OCC(=O)Nc2ccc(S(N)(=O)=O)cc2)cc1. The minimum atomic E-state index is -3.83. The molecule has 1 amide bonds. The van der Waals surface area contributed by atoms with Crippen molar-refractivity contribution in [3.8, 4) is 5.75 Å². The number of carbonyl (C=O) groups is 1. The molecule has 0 aromatic heterocycles. The number of amides is 1. The van der Waals surface area contributed by atoms with Crippen LogP contribution < -0.4 is 19.5 Å². The van der Waals surface area contributed by atoms with Gasteiger partial charge in [-0.1, -0.05) is 18.2 Å². The molecule has 0 fully saturated rings. The smallest absolute Gasteiger partial charge is 0.262 e. The maximum Gasteiger partial charge on any atom is 0.262 e. The number of carbonyl (C=O) groups excluding carboxylic acids is 1. The number of sulfonamides is 2. The molecule has 0 bridgehead atoms. The van der Waals surface area contributed by atoms with Crippen LogP contribution in [0.25, 0.3) is 0 Å². The number of ether oxygens (including phenoxy) is 1. The van der Waals surface area contributed by atoms with Crippen molar-refractivity contribution < 1.29 is 30.8 Å². The number of rotatable bonds is 9. The van der Waals surface area contributed by atoms with Gasteiger partial charge in [-0.15, -0.1) is 0 Å². The summed E-state index contributed by atoms with van der Waals surface area (Å²) in [5.74, 6) is -0.700. The summed E-state index contributed by atoms with van der Waals surface area (Å²) in [6.07, 6.45) is 1.03. The van der Waals surface area contributed by atoms with Gasteiger partial charge in [0, 0.05) is 11.3 Å². The van der Waals surface area contributed by atoms with Crippen molar-refractivity contribution >= 4 is 37.3 Å². The van der Waals surface area contributed by atoms with Crippen molar-refractivity contribution in [3.05, 3.63) is 84.2 Å². The summed E-state index contributed by atoms with van der Waals surface area (Å²) >= 11 is 0. The molecule has 0 radical (unpaired) electrons. The highest BCUT2D eigenvalue weighted by Crippen LogP contribution is 2.24. The van der Waals surface area contributed by atoms with E-state index in [-0.39, 0.29) is 23.6 Å². The Morgan fingerprint density at radius 2 is 1.59 bits per heavy atom. The highest BCUT2D eigenvalue weighted by atomic mass is 32.2. The fourth-order valence-electron chi connectivity index (χ4n) is 2.96. The molecule has 3 N–H and O–H groups in total. The zero-order valence-corrected chi connectivity index (χ0v) is 19.6. The molecular formula is C22H22FN3O6S2. The molecule has 34 heavy (non-hydrogen) atoms. The predicted octanol–water partition coefficient (Wildman–Crippen LogP) is 2.46. The largest absolute Gasteiger partial charge is 0.484 e. The summed E-state index contributed by atoms with van der Waals surface area (Å²) in [5.41, 5.74) is 0.882. The highest BCUT2D eigenvalue weighted by Gasteiger charge is 2.19. The standard InChI is InChI=1S/C22H22FN3O6S2/c1-33(28,29)26(14-16-4-2-3-5-21(16)23)18-8-10-19(11-9-18)32-15-22(27)25-17-6-12-20(13-7-17)34(24,30)31/h2-13H,14-15H2,1H3,(H,25,27)(H2,24,30,31). The van der Waals surface area contributed by atoms with Crippen LogP contribution in [0.2, 0.25) is 0 Å². The van der Waals surface area contributed by atoms with Crippen LogP contribution in [0.4, 0.5) is 15.8 Å². The number of nitrogens with zero attached hydrogens (tertiary/aromatic N) is 1. The van der Waals surface area contributed by atoms with Crippen molar-refractivity contribution in [2.75, 3.05) is 22.5 Å². The average molecular weight is 508 g/mol. The van der Waals surface area contributed by atoms with Gasteiger partial charge in [0.2, 0.25) is 20.0 Å². The summed E-state index contributed by atoms with van der Waals surface area (Å²) in [4.78, 5) is 12.0. The molecule has 0 saturated heterocycles. The van der Waals surface area contributed by atoms with Gasteiger partial charge in [0.15, 0.2) is 6.61 Å². The fourth-order valence-corrected chi connectivity index (χ4v) is 4.36. The topological polar surface area (TPSA) is 136 Å². The third kappa shape index (κ3) is 6.76. The number of benzene rings is 3. The van der Waals surface area contributed by atoms with Crippen LogP contribution in [0.1, 0.15) is 5.56 Å². The van der Waals surface area contributed by atoms with Gasteiger partial charge in [0.25, 0.3) is 5.91 Å². The molecule has 3 aromatic carbocycles. The van der Waals surface area contributed by atoms with Gasteiger partial charge in [-0.25, -0.2) is 26.4 Å². The summed E-state index contributed by atoms with van der Waals surface area (Å²) < 4.78 is 67.6. The predicted molar refractivity (Wildman–Crippen MR) is 126 cm³/mol. The van der Waals surface area contributed by atoms with E-state index in [0.29, 0.717) is 17.1 Å². The van der Waals surface area contributed by atoms with E-state index in [9.17, 15) is 26.0 Å². The third-order valence-corrected chi connectivity index (χ3v) is 6.70. The second-order valence-electron chi connectivity index (χ2n) is 7.26. The highest BCUT2D eigenvalue weighted by molar-refractivity contribution is 7.92. The Hall–Kier alpha value is -3.48. The molecule has 0 aliphatic rings. The lowest BCUT2D eigenvalue weighted by Crippen LogP contribution is -2.29. The Labute approximate surface area is 197 Å². The van der Waals surface area contributed by atoms with Crippen molar-refractivity contribution in [3.63, 3.8) is 0 Å². The third-order valence-electron chi connectivity index (χ3n) is 4.63. The van der Waals surface area contributed by atoms with Crippen LogP contribution in [0.15, 0.2) is 77.7 Å². The van der Waals surface area contributed by atoms with Gasteiger partial charge < -0.3 is 10.1 Å².